The summed E-state index contributed by atoms with van der Waals surface area (Å²) in [5, 5.41) is 21.3. The summed E-state index contributed by atoms with van der Waals surface area (Å²) in [5.41, 5.74) is 0.526. The van der Waals surface area contributed by atoms with Gasteiger partial charge in [-0.05, 0) is 18.8 Å². The lowest BCUT2D eigenvalue weighted by atomic mass is 10.4. The van der Waals surface area contributed by atoms with Crippen molar-refractivity contribution >= 4 is 12.0 Å². The quantitative estimate of drug-likeness (QED) is 0.637. The second kappa shape index (κ2) is 5.48. The standard InChI is InChI=1S/C10H15N5O3/c16-9(17)6-15-5-8(13-14-15)4-12-10(18)11-3-7-1-2-7/h5,7H,1-4,6H2,(H,16,17)(H2,11,12,18). The Morgan fingerprint density at radius 2 is 2.22 bits per heavy atom. The fraction of sp³-hybridized carbons (Fsp3) is 0.600. The van der Waals surface area contributed by atoms with Crippen molar-refractivity contribution in [1.82, 2.24) is 25.6 Å². The van der Waals surface area contributed by atoms with Gasteiger partial charge in [-0.15, -0.1) is 5.10 Å². The number of nitrogens with zero attached hydrogens (tertiary/aromatic N) is 3. The minimum Gasteiger partial charge on any atom is -0.480 e. The molecule has 2 amide bonds. The molecule has 0 unspecified atom stereocenters. The Bertz CT molecular complexity index is 440. The van der Waals surface area contributed by atoms with E-state index in [1.807, 2.05) is 0 Å². The van der Waals surface area contributed by atoms with E-state index in [1.165, 1.54) is 23.7 Å². The van der Waals surface area contributed by atoms with Gasteiger partial charge in [0.15, 0.2) is 0 Å². The van der Waals surface area contributed by atoms with Gasteiger partial charge in [0.25, 0.3) is 0 Å². The van der Waals surface area contributed by atoms with Gasteiger partial charge < -0.3 is 15.7 Å². The average Bonchev–Trinajstić information content (AvgIpc) is 3.04. The molecule has 0 spiro atoms. The maximum Gasteiger partial charge on any atom is 0.325 e. The van der Waals surface area contributed by atoms with E-state index in [0.717, 1.165) is 0 Å². The topological polar surface area (TPSA) is 109 Å². The number of amides is 2. The van der Waals surface area contributed by atoms with Gasteiger partial charge in [-0.3, -0.25) is 4.79 Å². The van der Waals surface area contributed by atoms with Crippen molar-refractivity contribution in [2.75, 3.05) is 6.54 Å². The zero-order chi connectivity index (χ0) is 13.0. The Morgan fingerprint density at radius 1 is 1.44 bits per heavy atom. The van der Waals surface area contributed by atoms with Crippen molar-refractivity contribution in [1.29, 1.82) is 0 Å². The van der Waals surface area contributed by atoms with Crippen LogP contribution in [0.4, 0.5) is 4.79 Å². The minimum absolute atomic E-state index is 0.232. The molecule has 1 aromatic rings. The second-order valence-corrected chi connectivity index (χ2v) is 4.31. The van der Waals surface area contributed by atoms with Crippen LogP contribution in [0.25, 0.3) is 0 Å². The van der Waals surface area contributed by atoms with Crippen LogP contribution in [0.2, 0.25) is 0 Å². The predicted molar refractivity (Wildman–Crippen MR) is 60.6 cm³/mol. The molecule has 0 aromatic carbocycles. The molecule has 1 aromatic heterocycles. The number of hydrogen-bond donors (Lipinski definition) is 3. The largest absolute Gasteiger partial charge is 0.480 e. The van der Waals surface area contributed by atoms with E-state index >= 15 is 0 Å². The molecule has 1 saturated carbocycles. The first kappa shape index (κ1) is 12.3. The van der Waals surface area contributed by atoms with Gasteiger partial charge in [0.2, 0.25) is 0 Å². The van der Waals surface area contributed by atoms with Gasteiger partial charge in [0.1, 0.15) is 12.2 Å². The predicted octanol–water partition coefficient (Wildman–Crippen LogP) is -0.428. The van der Waals surface area contributed by atoms with E-state index < -0.39 is 5.97 Å². The summed E-state index contributed by atoms with van der Waals surface area (Å²) in [5.74, 6) is -0.353. The van der Waals surface area contributed by atoms with E-state index in [9.17, 15) is 9.59 Å². The lowest BCUT2D eigenvalue weighted by molar-refractivity contribution is -0.137. The zero-order valence-electron chi connectivity index (χ0n) is 9.80. The molecule has 1 aliphatic carbocycles. The summed E-state index contributed by atoms with van der Waals surface area (Å²) in [7, 11) is 0. The third kappa shape index (κ3) is 4.04. The molecule has 1 heterocycles. The number of carbonyl (C=O) groups is 2. The highest BCUT2D eigenvalue weighted by Crippen LogP contribution is 2.27. The van der Waals surface area contributed by atoms with Crippen LogP contribution in [0.15, 0.2) is 6.20 Å². The first-order valence-corrected chi connectivity index (χ1v) is 5.76. The van der Waals surface area contributed by atoms with E-state index in [4.69, 9.17) is 5.11 Å². The van der Waals surface area contributed by atoms with Gasteiger partial charge >= 0.3 is 12.0 Å². The summed E-state index contributed by atoms with van der Waals surface area (Å²) in [6, 6.07) is -0.241. The number of hydrogen-bond acceptors (Lipinski definition) is 4. The van der Waals surface area contributed by atoms with Crippen molar-refractivity contribution in [3.63, 3.8) is 0 Å². The average molecular weight is 253 g/mol. The van der Waals surface area contributed by atoms with Gasteiger partial charge in [-0.1, -0.05) is 5.21 Å². The number of carboxylic acid groups (broad SMARTS) is 1. The summed E-state index contributed by atoms with van der Waals surface area (Å²) in [6.07, 6.45) is 3.86. The monoisotopic (exact) mass is 253 g/mol. The number of carbonyl (C=O) groups excluding carboxylic acids is 1. The van der Waals surface area contributed by atoms with Crippen molar-refractivity contribution in [3.8, 4) is 0 Å². The van der Waals surface area contributed by atoms with Crippen molar-refractivity contribution in [2.24, 2.45) is 5.92 Å². The zero-order valence-corrected chi connectivity index (χ0v) is 9.80. The fourth-order valence-electron chi connectivity index (χ4n) is 1.43. The third-order valence-electron chi connectivity index (χ3n) is 2.56. The van der Waals surface area contributed by atoms with Crippen molar-refractivity contribution < 1.29 is 14.7 Å². The smallest absolute Gasteiger partial charge is 0.325 e. The molecule has 1 fully saturated rings. The Labute approximate surface area is 103 Å². The van der Waals surface area contributed by atoms with E-state index in [1.54, 1.807) is 0 Å². The number of aromatic nitrogens is 3. The van der Waals surface area contributed by atoms with Crippen LogP contribution < -0.4 is 10.6 Å². The first-order chi connectivity index (χ1) is 8.63. The van der Waals surface area contributed by atoms with Crippen LogP contribution in [-0.4, -0.2) is 38.6 Å². The molecule has 0 aliphatic heterocycles. The molecule has 0 radical (unpaired) electrons. The maximum absolute atomic E-state index is 11.4. The molecule has 18 heavy (non-hydrogen) atoms. The van der Waals surface area contributed by atoms with E-state index in [0.29, 0.717) is 18.2 Å². The Balaban J connectivity index is 1.69. The normalized spacial score (nSPS) is 14.2. The number of nitrogens with one attached hydrogen (secondary N) is 2. The Morgan fingerprint density at radius 3 is 2.89 bits per heavy atom. The molecular weight excluding hydrogens is 238 g/mol. The first-order valence-electron chi connectivity index (χ1n) is 5.76. The van der Waals surface area contributed by atoms with Gasteiger partial charge in [0.05, 0.1) is 12.7 Å². The SMILES string of the molecule is O=C(O)Cn1cc(CNC(=O)NCC2CC2)nn1. The van der Waals surface area contributed by atoms with E-state index in [-0.39, 0.29) is 19.1 Å². The van der Waals surface area contributed by atoms with Crippen molar-refractivity contribution in [2.45, 2.75) is 25.9 Å². The maximum atomic E-state index is 11.4. The number of rotatable bonds is 6. The molecule has 0 bridgehead atoms. The highest BCUT2D eigenvalue weighted by atomic mass is 16.4. The van der Waals surface area contributed by atoms with Crippen LogP contribution >= 0.6 is 0 Å². The summed E-state index contributed by atoms with van der Waals surface area (Å²) < 4.78 is 1.21. The second-order valence-electron chi connectivity index (χ2n) is 4.31. The molecule has 1 aliphatic rings. The molecule has 0 atom stereocenters. The molecule has 8 heteroatoms. The van der Waals surface area contributed by atoms with Gasteiger partial charge in [-0.25, -0.2) is 9.48 Å². The Kier molecular flexibility index (Phi) is 3.75. The van der Waals surface area contributed by atoms with E-state index in [2.05, 4.69) is 20.9 Å². The van der Waals surface area contributed by atoms with Crippen LogP contribution in [-0.2, 0) is 17.9 Å². The van der Waals surface area contributed by atoms with Crippen LogP contribution in [0.3, 0.4) is 0 Å². The highest BCUT2D eigenvalue weighted by molar-refractivity contribution is 5.73. The molecule has 2 rings (SSSR count). The number of aliphatic carboxylic acids is 1. The lowest BCUT2D eigenvalue weighted by Crippen LogP contribution is -2.36. The van der Waals surface area contributed by atoms with Crippen LogP contribution in [0.5, 0.6) is 0 Å². The van der Waals surface area contributed by atoms with Crippen molar-refractivity contribution in [3.05, 3.63) is 11.9 Å². The molecule has 98 valence electrons. The van der Waals surface area contributed by atoms with Crippen LogP contribution in [0, 0.1) is 5.92 Å². The number of urea groups is 1. The molecule has 0 saturated heterocycles. The summed E-state index contributed by atoms with van der Waals surface area (Å²) in [4.78, 5) is 21.8. The summed E-state index contributed by atoms with van der Waals surface area (Å²) >= 11 is 0. The Hall–Kier alpha value is -2.12. The fourth-order valence-corrected chi connectivity index (χ4v) is 1.43. The molecule has 8 nitrogen and oxygen atoms in total. The van der Waals surface area contributed by atoms with Gasteiger partial charge in [0, 0.05) is 6.54 Å². The highest BCUT2D eigenvalue weighted by Gasteiger charge is 2.21. The molecular formula is C10H15N5O3. The third-order valence-corrected chi connectivity index (χ3v) is 2.56. The summed E-state index contributed by atoms with van der Waals surface area (Å²) in [6.45, 7) is 0.703. The lowest BCUT2D eigenvalue weighted by Gasteiger charge is -2.04. The van der Waals surface area contributed by atoms with Gasteiger partial charge in [-0.2, -0.15) is 0 Å². The minimum atomic E-state index is -0.985. The number of carboxylic acids is 1. The van der Waals surface area contributed by atoms with Crippen LogP contribution in [0.1, 0.15) is 18.5 Å². The molecule has 3 N–H and O–H groups in total.